The van der Waals surface area contributed by atoms with E-state index in [2.05, 4.69) is 16.1 Å². The first-order valence-electron chi connectivity index (χ1n) is 10.7. The van der Waals surface area contributed by atoms with Crippen molar-refractivity contribution in [1.29, 1.82) is 0 Å². The summed E-state index contributed by atoms with van der Waals surface area (Å²) in [6.07, 6.45) is 9.00. The number of nitrogens with one attached hydrogen (secondary N) is 1. The van der Waals surface area contributed by atoms with Crippen LogP contribution >= 0.6 is 0 Å². The van der Waals surface area contributed by atoms with Gasteiger partial charge < -0.3 is 14.8 Å². The first-order valence-corrected chi connectivity index (χ1v) is 10.7. The lowest BCUT2D eigenvalue weighted by molar-refractivity contribution is 0.0472. The summed E-state index contributed by atoms with van der Waals surface area (Å²) in [6, 6.07) is 7.72. The molecule has 1 N–H and O–H groups in total. The summed E-state index contributed by atoms with van der Waals surface area (Å²) < 4.78 is 10.6. The predicted octanol–water partition coefficient (Wildman–Crippen LogP) is 4.14. The number of hydrogen-bond acceptors (Lipinski definition) is 5. The molecule has 1 aliphatic heterocycles. The zero-order chi connectivity index (χ0) is 22.0. The summed E-state index contributed by atoms with van der Waals surface area (Å²) in [5.74, 6) is 2.28. The molecule has 30 heavy (non-hydrogen) atoms. The number of alkyl carbamates (subject to hydrolysis) is 1. The fourth-order valence-electron chi connectivity index (χ4n) is 3.29. The molecule has 6 heteroatoms. The first-order chi connectivity index (χ1) is 14.3. The molecule has 1 aliphatic rings. The third-order valence-corrected chi connectivity index (χ3v) is 4.85. The summed E-state index contributed by atoms with van der Waals surface area (Å²) in [5.41, 5.74) is 1.24. The molecule has 0 saturated carbocycles. The van der Waals surface area contributed by atoms with Crippen molar-refractivity contribution in [3.63, 3.8) is 0 Å². The highest BCUT2D eigenvalue weighted by atomic mass is 16.6. The molecule has 1 heterocycles. The number of carbonyl (C=O) groups is 2. The lowest BCUT2D eigenvalue weighted by atomic mass is 10.0. The van der Waals surface area contributed by atoms with Gasteiger partial charge in [-0.05, 0) is 64.2 Å². The van der Waals surface area contributed by atoms with E-state index in [1.807, 2.05) is 45.0 Å². The second kappa shape index (κ2) is 11.6. The van der Waals surface area contributed by atoms with Gasteiger partial charge in [0, 0.05) is 32.1 Å². The molecule has 1 amide bonds. The van der Waals surface area contributed by atoms with Crippen LogP contribution in [-0.2, 0) is 16.0 Å². The monoisotopic (exact) mass is 414 g/mol. The van der Waals surface area contributed by atoms with Crippen LogP contribution in [0.4, 0.5) is 4.79 Å². The quantitative estimate of drug-likeness (QED) is 0.393. The third-order valence-electron chi connectivity index (χ3n) is 4.85. The normalized spacial score (nSPS) is 15.3. The highest BCUT2D eigenvalue weighted by Crippen LogP contribution is 2.16. The Labute approximate surface area is 180 Å². The molecule has 0 aromatic heterocycles. The number of hydrogen-bond donors (Lipinski definition) is 1. The van der Waals surface area contributed by atoms with Gasteiger partial charge in [0.25, 0.3) is 0 Å². The van der Waals surface area contributed by atoms with Crippen LogP contribution in [0.3, 0.4) is 0 Å². The Morgan fingerprint density at radius 1 is 1.17 bits per heavy atom. The van der Waals surface area contributed by atoms with Gasteiger partial charge in [0.05, 0.1) is 12.2 Å². The lowest BCUT2D eigenvalue weighted by Gasteiger charge is -2.32. The smallest absolute Gasteiger partial charge is 0.407 e. The van der Waals surface area contributed by atoms with E-state index in [0.29, 0.717) is 18.6 Å². The van der Waals surface area contributed by atoms with Gasteiger partial charge in [-0.15, -0.1) is 12.3 Å². The van der Waals surface area contributed by atoms with E-state index < -0.39 is 5.60 Å². The average Bonchev–Trinajstić information content (AvgIpc) is 2.68. The number of nitrogens with zero attached hydrogens (tertiary/aromatic N) is 1. The Morgan fingerprint density at radius 3 is 2.43 bits per heavy atom. The summed E-state index contributed by atoms with van der Waals surface area (Å²) in [7, 11) is 0. The molecule has 0 bridgehead atoms. The van der Waals surface area contributed by atoms with Crippen molar-refractivity contribution >= 4 is 12.1 Å². The molecule has 0 spiro atoms. The minimum absolute atomic E-state index is 0.147. The molecule has 0 radical (unpaired) electrons. The molecule has 1 fully saturated rings. The molecule has 164 valence electrons. The Kier molecular flexibility index (Phi) is 9.19. The molecule has 1 aromatic carbocycles. The van der Waals surface area contributed by atoms with Gasteiger partial charge in [-0.2, -0.15) is 0 Å². The summed E-state index contributed by atoms with van der Waals surface area (Å²) in [6.45, 7) is 8.61. The van der Waals surface area contributed by atoms with Crippen LogP contribution in [-0.4, -0.2) is 48.3 Å². The highest BCUT2D eigenvalue weighted by Gasteiger charge is 2.23. The minimum Gasteiger partial charge on any atom is -0.462 e. The standard InChI is InChI=1S/C24H34N2O4/c1-5-6-7-8-17-29-22(27)20-11-9-19(10-12-20)18-26-15-13-21(14-16-26)25-23(28)30-24(2,3)4/h1,9-12,21H,6-8,13-18H2,2-4H3,(H,25,28). The fraction of sp³-hybridized carbons (Fsp3) is 0.583. The van der Waals surface area contributed by atoms with Gasteiger partial charge in [-0.25, -0.2) is 9.59 Å². The Hall–Kier alpha value is -2.52. The zero-order valence-corrected chi connectivity index (χ0v) is 18.4. The van der Waals surface area contributed by atoms with Gasteiger partial charge in [0.15, 0.2) is 0 Å². The summed E-state index contributed by atoms with van der Waals surface area (Å²) in [4.78, 5) is 26.3. The number of esters is 1. The lowest BCUT2D eigenvalue weighted by Crippen LogP contribution is -2.45. The maximum Gasteiger partial charge on any atom is 0.407 e. The second-order valence-electron chi connectivity index (χ2n) is 8.69. The molecule has 6 nitrogen and oxygen atoms in total. The van der Waals surface area contributed by atoms with E-state index in [0.717, 1.165) is 50.9 Å². The Morgan fingerprint density at radius 2 is 1.83 bits per heavy atom. The van der Waals surface area contributed by atoms with Gasteiger partial charge in [0.2, 0.25) is 0 Å². The van der Waals surface area contributed by atoms with E-state index in [9.17, 15) is 9.59 Å². The second-order valence-corrected chi connectivity index (χ2v) is 8.69. The molecular weight excluding hydrogens is 380 g/mol. The molecule has 0 atom stereocenters. The first kappa shape index (κ1) is 23.8. The molecule has 2 rings (SSSR count). The van der Waals surface area contributed by atoms with Gasteiger partial charge in [-0.3, -0.25) is 4.90 Å². The number of carbonyl (C=O) groups excluding carboxylic acids is 2. The summed E-state index contributed by atoms with van der Waals surface area (Å²) in [5, 5.41) is 2.96. The topological polar surface area (TPSA) is 67.9 Å². The third kappa shape index (κ3) is 8.87. The maximum absolute atomic E-state index is 12.1. The van der Waals surface area contributed by atoms with Crippen molar-refractivity contribution in [2.75, 3.05) is 19.7 Å². The van der Waals surface area contributed by atoms with E-state index in [4.69, 9.17) is 15.9 Å². The zero-order valence-electron chi connectivity index (χ0n) is 18.4. The van der Waals surface area contributed by atoms with Crippen LogP contribution in [0.25, 0.3) is 0 Å². The van der Waals surface area contributed by atoms with Crippen molar-refractivity contribution in [3.8, 4) is 12.3 Å². The fourth-order valence-corrected chi connectivity index (χ4v) is 3.29. The number of unbranched alkanes of at least 4 members (excludes halogenated alkanes) is 2. The number of piperidine rings is 1. The van der Waals surface area contributed by atoms with Crippen LogP contribution in [0.2, 0.25) is 0 Å². The number of ether oxygens (including phenoxy) is 2. The molecule has 1 aromatic rings. The van der Waals surface area contributed by atoms with Crippen molar-refractivity contribution in [2.45, 2.75) is 71.1 Å². The van der Waals surface area contributed by atoms with Crippen molar-refractivity contribution in [1.82, 2.24) is 10.2 Å². The largest absolute Gasteiger partial charge is 0.462 e. The van der Waals surface area contributed by atoms with Gasteiger partial charge >= 0.3 is 12.1 Å². The highest BCUT2D eigenvalue weighted by molar-refractivity contribution is 5.89. The van der Waals surface area contributed by atoms with E-state index in [1.54, 1.807) is 0 Å². The van der Waals surface area contributed by atoms with E-state index in [-0.39, 0.29) is 18.1 Å². The minimum atomic E-state index is -0.481. The van der Waals surface area contributed by atoms with Gasteiger partial charge in [-0.1, -0.05) is 12.1 Å². The van der Waals surface area contributed by atoms with Crippen LogP contribution in [0.5, 0.6) is 0 Å². The van der Waals surface area contributed by atoms with Crippen LogP contribution < -0.4 is 5.32 Å². The number of benzene rings is 1. The van der Waals surface area contributed by atoms with Crippen LogP contribution in [0.1, 0.15) is 68.8 Å². The van der Waals surface area contributed by atoms with Crippen LogP contribution in [0.15, 0.2) is 24.3 Å². The maximum atomic E-state index is 12.1. The Bertz CT molecular complexity index is 723. The SMILES string of the molecule is C#CCCCCOC(=O)c1ccc(CN2CCC(NC(=O)OC(C)(C)C)CC2)cc1. The van der Waals surface area contributed by atoms with Crippen molar-refractivity contribution in [3.05, 3.63) is 35.4 Å². The van der Waals surface area contributed by atoms with Crippen molar-refractivity contribution < 1.29 is 19.1 Å². The Balaban J connectivity index is 1.71. The van der Waals surface area contributed by atoms with E-state index in [1.165, 1.54) is 0 Å². The number of amides is 1. The number of rotatable bonds is 8. The predicted molar refractivity (Wildman–Crippen MR) is 117 cm³/mol. The molecular formula is C24H34N2O4. The average molecular weight is 415 g/mol. The van der Waals surface area contributed by atoms with Gasteiger partial charge in [0.1, 0.15) is 5.60 Å². The van der Waals surface area contributed by atoms with E-state index >= 15 is 0 Å². The number of terminal acetylenes is 1. The molecule has 0 unspecified atom stereocenters. The number of likely N-dealkylation sites (tertiary alicyclic amines) is 1. The summed E-state index contributed by atoms with van der Waals surface area (Å²) >= 11 is 0. The van der Waals surface area contributed by atoms with Crippen molar-refractivity contribution in [2.24, 2.45) is 0 Å². The van der Waals surface area contributed by atoms with Crippen LogP contribution in [0, 0.1) is 12.3 Å². The molecule has 0 aliphatic carbocycles. The molecule has 1 saturated heterocycles.